The van der Waals surface area contributed by atoms with Gasteiger partial charge in [0.25, 0.3) is 0 Å². The second-order valence-corrected chi connectivity index (χ2v) is 9.88. The van der Waals surface area contributed by atoms with E-state index in [1.807, 2.05) is 0 Å². The summed E-state index contributed by atoms with van der Waals surface area (Å²) in [6, 6.07) is 2.28. The molecule has 1 fully saturated rings. The fraction of sp³-hybridized carbons (Fsp3) is 0.500. The van der Waals surface area contributed by atoms with Gasteiger partial charge in [0.05, 0.1) is 10.1 Å². The van der Waals surface area contributed by atoms with E-state index in [4.69, 9.17) is 0 Å². The molecule has 1 N–H and O–H groups in total. The van der Waals surface area contributed by atoms with Crippen molar-refractivity contribution in [3.63, 3.8) is 0 Å². The predicted molar refractivity (Wildman–Crippen MR) is 86.0 cm³/mol. The van der Waals surface area contributed by atoms with E-state index in [0.29, 0.717) is 6.07 Å². The number of carbonyl (C=O) groups is 1. The van der Waals surface area contributed by atoms with Crippen LogP contribution in [0.5, 0.6) is 0 Å². The van der Waals surface area contributed by atoms with Crippen molar-refractivity contribution in [3.8, 4) is 0 Å². The van der Waals surface area contributed by atoms with Crippen LogP contribution in [-0.4, -0.2) is 58.2 Å². The van der Waals surface area contributed by atoms with Crippen molar-refractivity contribution in [2.45, 2.75) is 23.0 Å². The minimum atomic E-state index is -4.05. The van der Waals surface area contributed by atoms with E-state index in [0.717, 1.165) is 16.4 Å². The first kappa shape index (κ1) is 19.7. The van der Waals surface area contributed by atoms with Crippen LogP contribution in [0.4, 0.5) is 8.78 Å². The Hall–Kier alpha value is -1.59. The van der Waals surface area contributed by atoms with Gasteiger partial charge in [-0.1, -0.05) is 0 Å². The molecule has 7 nitrogen and oxygen atoms in total. The lowest BCUT2D eigenvalue weighted by Crippen LogP contribution is -2.44. The number of piperidine rings is 1. The molecule has 1 aromatic rings. The van der Waals surface area contributed by atoms with Crippen LogP contribution < -0.4 is 5.32 Å². The number of hydrogen-bond donors (Lipinski definition) is 1. The topological polar surface area (TPSA) is 101 Å². The van der Waals surface area contributed by atoms with Crippen molar-refractivity contribution in [2.75, 3.05) is 25.9 Å². The van der Waals surface area contributed by atoms with Crippen LogP contribution in [0.1, 0.15) is 12.8 Å². The van der Waals surface area contributed by atoms with E-state index >= 15 is 0 Å². The third kappa shape index (κ3) is 4.33. The lowest BCUT2D eigenvalue weighted by Gasteiger charge is -2.30. The Morgan fingerprint density at radius 3 is 2.28 bits per heavy atom. The van der Waals surface area contributed by atoms with Gasteiger partial charge < -0.3 is 5.32 Å². The van der Waals surface area contributed by atoms with Crippen LogP contribution >= 0.6 is 0 Å². The van der Waals surface area contributed by atoms with Gasteiger partial charge in [-0.3, -0.25) is 4.79 Å². The van der Waals surface area contributed by atoms with Gasteiger partial charge in [-0.05, 0) is 31.0 Å². The summed E-state index contributed by atoms with van der Waals surface area (Å²) in [5.41, 5.74) is 0. The van der Waals surface area contributed by atoms with E-state index in [1.165, 1.54) is 7.05 Å². The maximum Gasteiger partial charge on any atom is 0.243 e. The molecule has 1 amide bonds. The normalized spacial score (nSPS) is 17.4. The summed E-state index contributed by atoms with van der Waals surface area (Å²) in [7, 11) is -6.40. The maximum absolute atomic E-state index is 13.3. The van der Waals surface area contributed by atoms with Gasteiger partial charge in [0.15, 0.2) is 21.5 Å². The third-order valence-electron chi connectivity index (χ3n) is 4.05. The number of nitrogens with one attached hydrogen (secondary N) is 1. The quantitative estimate of drug-likeness (QED) is 0.771. The molecule has 25 heavy (non-hydrogen) atoms. The molecule has 1 saturated heterocycles. The molecule has 0 aliphatic carbocycles. The minimum Gasteiger partial charge on any atom is -0.358 e. The number of rotatable bonds is 5. The van der Waals surface area contributed by atoms with Gasteiger partial charge in [-0.25, -0.2) is 25.6 Å². The summed E-state index contributed by atoms with van der Waals surface area (Å²) >= 11 is 0. The maximum atomic E-state index is 13.3. The van der Waals surface area contributed by atoms with Gasteiger partial charge in [0, 0.05) is 20.1 Å². The molecule has 0 saturated carbocycles. The summed E-state index contributed by atoms with van der Waals surface area (Å²) in [6.45, 7) is -0.169. The second kappa shape index (κ2) is 7.34. The number of sulfonamides is 1. The fourth-order valence-electron chi connectivity index (χ4n) is 2.59. The average Bonchev–Trinajstić information content (AvgIpc) is 2.56. The monoisotopic (exact) mass is 396 g/mol. The van der Waals surface area contributed by atoms with Gasteiger partial charge in [0.2, 0.25) is 15.9 Å². The minimum absolute atomic E-state index is 0.0300. The Bertz CT molecular complexity index is 863. The van der Waals surface area contributed by atoms with Crippen molar-refractivity contribution < 1.29 is 30.4 Å². The first-order chi connectivity index (χ1) is 11.6. The smallest absolute Gasteiger partial charge is 0.243 e. The molecule has 1 aliphatic rings. The molecule has 1 heterocycles. The molecule has 0 bridgehead atoms. The van der Waals surface area contributed by atoms with Crippen LogP contribution in [0.15, 0.2) is 23.1 Å². The standard InChI is InChI=1S/C14H18F2N2O5S2/c1-17-14(19)9-24(20,21)10-4-6-18(7-5-10)25(22,23)11-2-3-12(15)13(16)8-11/h2-3,8,10H,4-7,9H2,1H3,(H,17,19). The zero-order valence-corrected chi connectivity index (χ0v) is 15.0. The highest BCUT2D eigenvalue weighted by Gasteiger charge is 2.35. The van der Waals surface area contributed by atoms with E-state index in [1.54, 1.807) is 0 Å². The molecule has 1 aromatic carbocycles. The largest absolute Gasteiger partial charge is 0.358 e. The van der Waals surface area contributed by atoms with Gasteiger partial charge in [0.1, 0.15) is 5.75 Å². The van der Waals surface area contributed by atoms with Gasteiger partial charge in [-0.2, -0.15) is 4.31 Å². The van der Waals surface area contributed by atoms with Crippen LogP contribution in [0.3, 0.4) is 0 Å². The van der Waals surface area contributed by atoms with Crippen LogP contribution in [0.25, 0.3) is 0 Å². The zero-order valence-electron chi connectivity index (χ0n) is 13.4. The van der Waals surface area contributed by atoms with E-state index in [2.05, 4.69) is 5.32 Å². The molecule has 0 atom stereocenters. The summed E-state index contributed by atoms with van der Waals surface area (Å²) in [5, 5.41) is 1.42. The Kier molecular flexibility index (Phi) is 5.79. The number of carbonyl (C=O) groups excluding carboxylic acids is 1. The Morgan fingerprint density at radius 1 is 1.16 bits per heavy atom. The van der Waals surface area contributed by atoms with Crippen LogP contribution in [-0.2, 0) is 24.7 Å². The highest BCUT2D eigenvalue weighted by molar-refractivity contribution is 7.92. The van der Waals surface area contributed by atoms with Crippen molar-refractivity contribution in [1.82, 2.24) is 9.62 Å². The SMILES string of the molecule is CNC(=O)CS(=O)(=O)C1CCN(S(=O)(=O)c2ccc(F)c(F)c2)CC1. The first-order valence-corrected chi connectivity index (χ1v) is 10.6. The molecular formula is C14H18F2N2O5S2. The molecule has 0 spiro atoms. The number of amides is 1. The van der Waals surface area contributed by atoms with Crippen molar-refractivity contribution in [1.29, 1.82) is 0 Å². The molecule has 0 radical (unpaired) electrons. The summed E-state index contributed by atoms with van der Waals surface area (Å²) in [5.74, 6) is -3.71. The molecule has 0 unspecified atom stereocenters. The number of hydrogen-bond acceptors (Lipinski definition) is 5. The average molecular weight is 396 g/mol. The number of benzene rings is 1. The van der Waals surface area contributed by atoms with Crippen molar-refractivity contribution in [3.05, 3.63) is 29.8 Å². The Labute approximate surface area is 145 Å². The van der Waals surface area contributed by atoms with Crippen molar-refractivity contribution >= 4 is 25.8 Å². The molecule has 140 valence electrons. The van der Waals surface area contributed by atoms with Crippen molar-refractivity contribution in [2.24, 2.45) is 0 Å². The molecule has 0 aromatic heterocycles. The van der Waals surface area contributed by atoms with E-state index in [9.17, 15) is 30.4 Å². The summed E-state index contributed by atoms with van der Waals surface area (Å²) in [6.07, 6.45) is 0.0600. The summed E-state index contributed by atoms with van der Waals surface area (Å²) in [4.78, 5) is 10.9. The molecule has 1 aliphatic heterocycles. The van der Waals surface area contributed by atoms with E-state index in [-0.39, 0.29) is 25.9 Å². The van der Waals surface area contributed by atoms with Crippen LogP contribution in [0, 0.1) is 11.6 Å². The van der Waals surface area contributed by atoms with E-state index < -0.39 is 53.3 Å². The summed E-state index contributed by atoms with van der Waals surface area (Å²) < 4.78 is 76.5. The zero-order chi connectivity index (χ0) is 18.8. The van der Waals surface area contributed by atoms with Gasteiger partial charge >= 0.3 is 0 Å². The molecule has 2 rings (SSSR count). The second-order valence-electron chi connectivity index (χ2n) is 5.66. The molecular weight excluding hydrogens is 378 g/mol. The number of sulfone groups is 1. The number of halogens is 2. The highest BCUT2D eigenvalue weighted by Crippen LogP contribution is 2.25. The highest BCUT2D eigenvalue weighted by atomic mass is 32.2. The third-order valence-corrected chi connectivity index (χ3v) is 8.10. The fourth-order valence-corrected chi connectivity index (χ4v) is 5.75. The predicted octanol–water partition coefficient (Wildman–Crippen LogP) is 0.279. The van der Waals surface area contributed by atoms with Gasteiger partial charge in [-0.15, -0.1) is 0 Å². The molecule has 11 heteroatoms. The Morgan fingerprint density at radius 2 is 1.76 bits per heavy atom. The lowest BCUT2D eigenvalue weighted by molar-refractivity contribution is -0.118. The number of nitrogens with zero attached hydrogens (tertiary/aromatic N) is 1. The first-order valence-electron chi connectivity index (χ1n) is 7.45. The lowest BCUT2D eigenvalue weighted by atomic mass is 10.2. The Balaban J connectivity index is 2.11. The van der Waals surface area contributed by atoms with Crippen LogP contribution in [0.2, 0.25) is 0 Å².